The molecule has 6 rings (SSSR count). The molecule has 3 aromatic heterocycles. The molecular formula is C60H68ClO9P3S3. The summed E-state index contributed by atoms with van der Waals surface area (Å²) in [5.41, 5.74) is 4.48. The predicted octanol–water partition coefficient (Wildman–Crippen LogP) is 15.6. The van der Waals surface area contributed by atoms with E-state index in [1.54, 1.807) is 62.5 Å². The number of hydrogen-bond acceptors (Lipinski definition) is 9. The van der Waals surface area contributed by atoms with Crippen LogP contribution < -0.4 is 15.9 Å². The maximum Gasteiger partial charge on any atom is 0.346 e. The topological polar surface area (TPSA) is 163 Å². The van der Waals surface area contributed by atoms with Gasteiger partial charge in [0.15, 0.2) is 0 Å². The molecule has 402 valence electrons. The highest BCUT2D eigenvalue weighted by molar-refractivity contribution is 7.70. The summed E-state index contributed by atoms with van der Waals surface area (Å²) in [7, 11) is -8.19. The van der Waals surface area contributed by atoms with E-state index in [1.165, 1.54) is 0 Å². The first kappa shape index (κ1) is 63.4. The molecule has 0 saturated carbocycles. The summed E-state index contributed by atoms with van der Waals surface area (Å²) >= 11 is 9.32. The van der Waals surface area contributed by atoms with Crippen LogP contribution in [0.1, 0.15) is 139 Å². The minimum atomic E-state index is -2.75. The van der Waals surface area contributed by atoms with Gasteiger partial charge in [-0.25, -0.2) is 14.4 Å². The van der Waals surface area contributed by atoms with E-state index in [-0.39, 0.29) is 49.4 Å². The first-order valence-corrected chi connectivity index (χ1v) is 34.0. The molecule has 6 aromatic rings. The maximum absolute atomic E-state index is 13.4. The van der Waals surface area contributed by atoms with Crippen LogP contribution in [0.4, 0.5) is 0 Å². The molecular weight excluding hydrogens is 1090 g/mol. The van der Waals surface area contributed by atoms with Gasteiger partial charge in [0.2, 0.25) is 0 Å². The Morgan fingerprint density at radius 2 is 0.776 bits per heavy atom. The maximum atomic E-state index is 13.4. The number of halogens is 1. The summed E-state index contributed by atoms with van der Waals surface area (Å²) in [5.74, 6) is 15.5. The van der Waals surface area contributed by atoms with E-state index < -0.39 is 39.3 Å². The molecule has 3 heterocycles. The number of carboxylic acids is 3. The van der Waals surface area contributed by atoms with Gasteiger partial charge < -0.3 is 29.0 Å². The van der Waals surface area contributed by atoms with E-state index in [2.05, 4.69) is 35.5 Å². The molecule has 3 N–H and O–H groups in total. The van der Waals surface area contributed by atoms with Gasteiger partial charge in [0.05, 0.1) is 14.6 Å². The quantitative estimate of drug-likeness (QED) is 0.0799. The van der Waals surface area contributed by atoms with E-state index in [1.807, 2.05) is 126 Å². The smallest absolute Gasteiger partial charge is 0.346 e. The second-order valence-corrected chi connectivity index (χ2v) is 34.9. The van der Waals surface area contributed by atoms with E-state index in [9.17, 15) is 43.4 Å². The van der Waals surface area contributed by atoms with E-state index in [4.69, 9.17) is 11.6 Å². The summed E-state index contributed by atoms with van der Waals surface area (Å²) in [6.07, 6.45) is 0.640. The van der Waals surface area contributed by atoms with Crippen LogP contribution in [0.5, 0.6) is 0 Å². The molecule has 0 aliphatic carbocycles. The lowest BCUT2D eigenvalue weighted by atomic mass is 9.98. The van der Waals surface area contributed by atoms with Gasteiger partial charge in [0, 0.05) is 55.7 Å². The van der Waals surface area contributed by atoms with Crippen molar-refractivity contribution in [1.82, 2.24) is 0 Å². The average Bonchev–Trinajstić information content (AvgIpc) is 4.00. The third kappa shape index (κ3) is 19.7. The van der Waals surface area contributed by atoms with Gasteiger partial charge in [0.1, 0.15) is 36.1 Å². The summed E-state index contributed by atoms with van der Waals surface area (Å²) < 4.78 is 39.7. The molecule has 9 nitrogen and oxygen atoms in total. The van der Waals surface area contributed by atoms with Gasteiger partial charge in [0.25, 0.3) is 0 Å². The van der Waals surface area contributed by atoms with Gasteiger partial charge in [-0.3, -0.25) is 0 Å². The summed E-state index contributed by atoms with van der Waals surface area (Å²) in [4.78, 5) is 37.5. The van der Waals surface area contributed by atoms with Gasteiger partial charge in [-0.1, -0.05) is 113 Å². The van der Waals surface area contributed by atoms with Crippen LogP contribution in [0.3, 0.4) is 0 Å². The molecule has 3 aromatic carbocycles. The zero-order valence-corrected chi connectivity index (χ0v) is 51.8. The number of rotatable bonds is 12. The Bertz CT molecular complexity index is 3320. The third-order valence-corrected chi connectivity index (χ3v) is 21.6. The molecule has 0 spiro atoms. The fourth-order valence-electron chi connectivity index (χ4n) is 7.31. The number of carbonyl (C=O) groups is 3. The molecule has 0 aliphatic rings. The lowest BCUT2D eigenvalue weighted by Gasteiger charge is -2.16. The largest absolute Gasteiger partial charge is 0.477 e. The predicted molar refractivity (Wildman–Crippen MR) is 322 cm³/mol. The molecule has 0 saturated heterocycles. The van der Waals surface area contributed by atoms with Crippen molar-refractivity contribution < 1.29 is 43.4 Å². The Morgan fingerprint density at radius 3 is 1.08 bits per heavy atom. The Morgan fingerprint density at radius 1 is 0.474 bits per heavy atom. The van der Waals surface area contributed by atoms with Crippen LogP contribution in [0.25, 0.3) is 0 Å². The Labute approximate surface area is 467 Å². The summed E-state index contributed by atoms with van der Waals surface area (Å²) in [6.45, 7) is 29.0. The number of aromatic carboxylic acids is 3. The number of carboxylic acid groups (broad SMARTS) is 3. The SMILES string of the molecule is CC(C)(C)C#Cc1cc(CP(C)(=O)c2ccc(Cl)cc2)c(C(=O)O)s1.Cc1ccc(P(C)(=O)Cc2cc(C#CC(C)(C)C)sc2C(=O)O)c(C)c1.Cc1ccc(P(C)(=O)Cc2cc(C#CC(C)(C)C)sc2C(=O)O)cc1. The molecule has 0 bridgehead atoms. The normalized spacial score (nSPS) is 13.6. The van der Waals surface area contributed by atoms with Crippen molar-refractivity contribution in [3.8, 4) is 35.5 Å². The van der Waals surface area contributed by atoms with Crippen LogP contribution in [0.2, 0.25) is 5.02 Å². The van der Waals surface area contributed by atoms with Crippen LogP contribution in [0, 0.1) is 72.5 Å². The first-order chi connectivity index (χ1) is 34.8. The molecule has 0 fully saturated rings. The first-order valence-electron chi connectivity index (χ1n) is 24.1. The van der Waals surface area contributed by atoms with Crippen LogP contribution >= 0.6 is 67.0 Å². The van der Waals surface area contributed by atoms with Crippen molar-refractivity contribution >= 4 is 101 Å². The van der Waals surface area contributed by atoms with Crippen molar-refractivity contribution in [3.63, 3.8) is 0 Å². The number of benzene rings is 3. The van der Waals surface area contributed by atoms with Gasteiger partial charge >= 0.3 is 17.9 Å². The van der Waals surface area contributed by atoms with Crippen molar-refractivity contribution in [2.45, 2.75) is 102 Å². The third-order valence-electron chi connectivity index (χ3n) is 10.9. The lowest BCUT2D eigenvalue weighted by molar-refractivity contribution is 0.0690. The van der Waals surface area contributed by atoms with Gasteiger partial charge in [-0.15, -0.1) is 34.0 Å². The number of thiophene rings is 3. The standard InChI is InChI=1S/C21H25O3PS.C20H23O3PS.C19H20ClO3PS/c1-14-7-8-18(15(2)11-14)25(6,24)13-16-12-17(9-10-21(3,4)5)26-19(16)20(22)23;1-14-6-8-16(9-7-14)24(5,23)13-15-12-17(10-11-20(2,3)4)25-18(15)19(21)22;1-19(2,3)10-9-16-11-13(17(25-16)18(21)22)12-24(4,23)15-7-5-14(20)6-8-15/h7-8,11-12H,13H2,1-6H3,(H,22,23);6-9,12H,13H2,1-5H3,(H,21,22);5-8,11H,12H2,1-4H3,(H,21,22). The summed E-state index contributed by atoms with van der Waals surface area (Å²) in [6, 6.07) is 25.6. The molecule has 16 heteroatoms. The van der Waals surface area contributed by atoms with Crippen LogP contribution in [-0.2, 0) is 32.2 Å². The van der Waals surface area contributed by atoms with E-state index in [0.29, 0.717) is 41.6 Å². The second kappa shape index (κ2) is 25.5. The van der Waals surface area contributed by atoms with Gasteiger partial charge in [-0.2, -0.15) is 0 Å². The highest BCUT2D eigenvalue weighted by Gasteiger charge is 2.28. The highest BCUT2D eigenvalue weighted by atomic mass is 35.5. The Balaban J connectivity index is 0.000000246. The average molecular weight is 1160 g/mol. The molecule has 0 aliphatic heterocycles. The van der Waals surface area contributed by atoms with E-state index in [0.717, 1.165) is 61.3 Å². The van der Waals surface area contributed by atoms with Crippen molar-refractivity contribution in [3.05, 3.63) is 153 Å². The monoisotopic (exact) mass is 1160 g/mol. The lowest BCUT2D eigenvalue weighted by Crippen LogP contribution is -2.11. The van der Waals surface area contributed by atoms with E-state index >= 15 is 0 Å². The molecule has 3 unspecified atom stereocenters. The Kier molecular flexibility index (Phi) is 21.3. The number of aryl methyl sites for hydroxylation is 3. The molecule has 76 heavy (non-hydrogen) atoms. The minimum absolute atomic E-state index is 0.157. The molecule has 0 radical (unpaired) electrons. The van der Waals surface area contributed by atoms with Crippen LogP contribution in [-0.4, -0.2) is 53.2 Å². The molecule has 0 amide bonds. The Hall–Kier alpha value is -5.17. The highest BCUT2D eigenvalue weighted by Crippen LogP contribution is 2.48. The van der Waals surface area contributed by atoms with Crippen molar-refractivity contribution in [2.24, 2.45) is 16.2 Å². The molecule has 3 atom stereocenters. The van der Waals surface area contributed by atoms with Crippen LogP contribution in [0.15, 0.2) is 84.9 Å². The second-order valence-electron chi connectivity index (χ2n) is 22.2. The van der Waals surface area contributed by atoms with Crippen molar-refractivity contribution in [2.75, 3.05) is 20.0 Å². The van der Waals surface area contributed by atoms with Crippen molar-refractivity contribution in [1.29, 1.82) is 0 Å². The fourth-order valence-corrected chi connectivity index (χ4v) is 16.4. The number of hydrogen-bond donors (Lipinski definition) is 3. The summed E-state index contributed by atoms with van der Waals surface area (Å²) in [5, 5.41) is 31.3. The zero-order valence-electron chi connectivity index (χ0n) is 45.9. The fraction of sp³-hybridized carbons (Fsp3) is 0.350. The minimum Gasteiger partial charge on any atom is -0.477 e. The van der Waals surface area contributed by atoms with Gasteiger partial charge in [-0.05, 0) is 156 Å². The zero-order chi connectivity index (χ0) is 57.4.